The van der Waals surface area contributed by atoms with Crippen LogP contribution in [0.15, 0.2) is 65.9 Å². The Morgan fingerprint density at radius 2 is 1.67 bits per heavy atom. The van der Waals surface area contributed by atoms with Crippen LogP contribution in [0.3, 0.4) is 0 Å². The summed E-state index contributed by atoms with van der Waals surface area (Å²) in [6.45, 7) is 1.14. The second kappa shape index (κ2) is 5.40. The van der Waals surface area contributed by atoms with Crippen molar-refractivity contribution in [2.75, 3.05) is 11.4 Å². The first-order valence-electron chi connectivity index (χ1n) is 8.05. The Kier molecular flexibility index (Phi) is 3.27. The Balaban J connectivity index is 1.60. The quantitative estimate of drug-likeness (QED) is 0.714. The van der Waals surface area contributed by atoms with E-state index in [1.165, 1.54) is 48.9 Å². The number of benzene rings is 1. The molecule has 106 valence electrons. The Labute approximate surface area is 127 Å². The van der Waals surface area contributed by atoms with Crippen LogP contribution in [-0.4, -0.2) is 6.54 Å². The summed E-state index contributed by atoms with van der Waals surface area (Å²) in [6.07, 6.45) is 17.4. The third-order valence-electron chi connectivity index (χ3n) is 4.68. The molecule has 0 unspecified atom stereocenters. The number of allylic oxidation sites excluding steroid dienone is 7. The van der Waals surface area contributed by atoms with Crippen LogP contribution in [0.5, 0.6) is 0 Å². The summed E-state index contributed by atoms with van der Waals surface area (Å²) >= 11 is 0. The van der Waals surface area contributed by atoms with Crippen molar-refractivity contribution in [2.45, 2.75) is 32.1 Å². The van der Waals surface area contributed by atoms with Crippen molar-refractivity contribution in [3.8, 4) is 0 Å². The molecule has 0 saturated carbocycles. The van der Waals surface area contributed by atoms with Gasteiger partial charge in [0, 0.05) is 17.9 Å². The first-order valence-corrected chi connectivity index (χ1v) is 8.05. The maximum Gasteiger partial charge on any atom is 0.0408 e. The van der Waals surface area contributed by atoms with Gasteiger partial charge in [-0.2, -0.15) is 0 Å². The highest BCUT2D eigenvalue weighted by Crippen LogP contribution is 2.35. The maximum atomic E-state index is 2.51. The Morgan fingerprint density at radius 3 is 2.48 bits per heavy atom. The van der Waals surface area contributed by atoms with Gasteiger partial charge in [-0.3, -0.25) is 0 Å². The van der Waals surface area contributed by atoms with Crippen molar-refractivity contribution in [3.05, 3.63) is 71.5 Å². The Hall–Kier alpha value is -2.02. The molecule has 1 heterocycles. The topological polar surface area (TPSA) is 3.24 Å². The summed E-state index contributed by atoms with van der Waals surface area (Å²) in [4.78, 5) is 2.51. The zero-order valence-corrected chi connectivity index (χ0v) is 12.4. The summed E-state index contributed by atoms with van der Waals surface area (Å²) < 4.78 is 0. The summed E-state index contributed by atoms with van der Waals surface area (Å²) in [6, 6.07) is 9.11. The summed E-state index contributed by atoms with van der Waals surface area (Å²) in [5.41, 5.74) is 7.14. The van der Waals surface area contributed by atoms with Crippen LogP contribution in [-0.2, 0) is 0 Å². The monoisotopic (exact) mass is 275 g/mol. The largest absolute Gasteiger partial charge is 0.344 e. The summed E-state index contributed by atoms with van der Waals surface area (Å²) in [5, 5.41) is 0. The van der Waals surface area contributed by atoms with Gasteiger partial charge in [-0.25, -0.2) is 0 Å². The minimum atomic E-state index is 1.14. The van der Waals surface area contributed by atoms with E-state index in [1.54, 1.807) is 11.3 Å². The van der Waals surface area contributed by atoms with Crippen molar-refractivity contribution < 1.29 is 0 Å². The molecule has 0 radical (unpaired) electrons. The molecule has 1 aliphatic heterocycles. The fourth-order valence-corrected chi connectivity index (χ4v) is 3.55. The number of rotatable bonds is 2. The van der Waals surface area contributed by atoms with Gasteiger partial charge in [0.2, 0.25) is 0 Å². The minimum absolute atomic E-state index is 1.14. The molecular formula is C20H21N. The van der Waals surface area contributed by atoms with Gasteiger partial charge in [-0.05, 0) is 60.9 Å². The zero-order chi connectivity index (χ0) is 14.1. The normalized spacial score (nSPS) is 20.8. The van der Waals surface area contributed by atoms with E-state index in [2.05, 4.69) is 59.5 Å². The highest BCUT2D eigenvalue weighted by atomic mass is 15.2. The van der Waals surface area contributed by atoms with Crippen LogP contribution in [0, 0.1) is 0 Å². The lowest BCUT2D eigenvalue weighted by atomic mass is 9.99. The number of anilines is 1. The number of nitrogens with zero attached hydrogens (tertiary/aromatic N) is 1. The molecule has 0 fully saturated rings. The lowest BCUT2D eigenvalue weighted by Crippen LogP contribution is -2.18. The molecule has 2 aliphatic carbocycles. The van der Waals surface area contributed by atoms with Gasteiger partial charge in [0.1, 0.15) is 0 Å². The molecule has 0 bridgehead atoms. The van der Waals surface area contributed by atoms with E-state index in [0.717, 1.165) is 6.54 Å². The smallest absolute Gasteiger partial charge is 0.0408 e. The van der Waals surface area contributed by atoms with Crippen molar-refractivity contribution in [1.29, 1.82) is 0 Å². The van der Waals surface area contributed by atoms with Gasteiger partial charge in [0.05, 0.1) is 0 Å². The van der Waals surface area contributed by atoms with E-state index in [-0.39, 0.29) is 0 Å². The highest BCUT2D eigenvalue weighted by Gasteiger charge is 2.23. The molecule has 0 N–H and O–H groups in total. The average molecular weight is 275 g/mol. The van der Waals surface area contributed by atoms with Crippen LogP contribution in [0.4, 0.5) is 5.69 Å². The fourth-order valence-electron chi connectivity index (χ4n) is 3.55. The van der Waals surface area contributed by atoms with E-state index in [1.807, 2.05) is 0 Å². The van der Waals surface area contributed by atoms with E-state index in [9.17, 15) is 0 Å². The predicted octanol–water partition coefficient (Wildman–Crippen LogP) is 5.23. The zero-order valence-electron chi connectivity index (χ0n) is 12.4. The van der Waals surface area contributed by atoms with Crippen molar-refractivity contribution >= 4 is 11.3 Å². The third kappa shape index (κ3) is 2.37. The van der Waals surface area contributed by atoms with Gasteiger partial charge in [0.25, 0.3) is 0 Å². The van der Waals surface area contributed by atoms with Crippen LogP contribution in [0.25, 0.3) is 5.57 Å². The minimum Gasteiger partial charge on any atom is -0.344 e. The molecule has 1 aromatic carbocycles. The maximum absolute atomic E-state index is 2.51. The van der Waals surface area contributed by atoms with Crippen molar-refractivity contribution in [3.63, 3.8) is 0 Å². The lowest BCUT2D eigenvalue weighted by molar-refractivity contribution is 0.884. The molecule has 1 heteroatoms. The molecule has 21 heavy (non-hydrogen) atoms. The number of hydrogen-bond acceptors (Lipinski definition) is 1. The summed E-state index contributed by atoms with van der Waals surface area (Å²) in [5.74, 6) is 0. The van der Waals surface area contributed by atoms with E-state index in [4.69, 9.17) is 0 Å². The highest BCUT2D eigenvalue weighted by molar-refractivity contribution is 5.76. The van der Waals surface area contributed by atoms with Gasteiger partial charge in [-0.15, -0.1) is 0 Å². The van der Waals surface area contributed by atoms with E-state index < -0.39 is 0 Å². The Bertz CT molecular complexity index is 656. The molecule has 0 aromatic heterocycles. The van der Waals surface area contributed by atoms with Crippen molar-refractivity contribution in [1.82, 2.24) is 0 Å². The molecule has 1 nitrogen and oxygen atoms in total. The van der Waals surface area contributed by atoms with Crippen LogP contribution < -0.4 is 4.90 Å². The molecule has 0 amide bonds. The van der Waals surface area contributed by atoms with Crippen molar-refractivity contribution in [2.24, 2.45) is 0 Å². The first kappa shape index (κ1) is 12.7. The second-order valence-corrected chi connectivity index (χ2v) is 6.00. The molecule has 0 spiro atoms. The van der Waals surface area contributed by atoms with Gasteiger partial charge < -0.3 is 4.90 Å². The Morgan fingerprint density at radius 1 is 0.810 bits per heavy atom. The molecule has 3 aliphatic rings. The van der Waals surface area contributed by atoms with Gasteiger partial charge in [-0.1, -0.05) is 42.5 Å². The molecule has 4 rings (SSSR count). The first-order chi connectivity index (χ1) is 10.4. The molecule has 1 aromatic rings. The van der Waals surface area contributed by atoms with E-state index in [0.29, 0.717) is 0 Å². The van der Waals surface area contributed by atoms with Crippen LogP contribution in [0.2, 0.25) is 0 Å². The lowest BCUT2D eigenvalue weighted by Gasteiger charge is -2.24. The number of hydrogen-bond donors (Lipinski definition) is 0. The van der Waals surface area contributed by atoms with Gasteiger partial charge >= 0.3 is 0 Å². The predicted molar refractivity (Wildman–Crippen MR) is 90.2 cm³/mol. The fraction of sp³-hybridized carbons (Fsp3) is 0.300. The SMILES string of the molecule is C1=CC(c2ccc(N3CCC4=C3CCC=C4)cc2)=CCC1. The van der Waals surface area contributed by atoms with Crippen LogP contribution >= 0.6 is 0 Å². The van der Waals surface area contributed by atoms with Gasteiger partial charge in [0.15, 0.2) is 0 Å². The molecule has 0 atom stereocenters. The van der Waals surface area contributed by atoms with Crippen LogP contribution in [0.1, 0.15) is 37.7 Å². The summed E-state index contributed by atoms with van der Waals surface area (Å²) in [7, 11) is 0. The standard InChI is InChI=1S/C20H21N/c1-2-6-16(7-3-1)17-10-12-19(13-11-17)21-15-14-18-8-4-5-9-20(18)21/h2,4,6-8,10-13H,1,3,5,9,14-15H2. The molecule has 0 saturated heterocycles. The molecular weight excluding hydrogens is 254 g/mol. The second-order valence-electron chi connectivity index (χ2n) is 6.00. The van der Waals surface area contributed by atoms with E-state index >= 15 is 0 Å². The average Bonchev–Trinajstić information content (AvgIpc) is 3.00. The third-order valence-corrected chi connectivity index (χ3v) is 4.68.